The molecule has 1 aliphatic rings. The molecule has 1 N–H and O–H groups in total. The second kappa shape index (κ2) is 8.13. The van der Waals surface area contributed by atoms with E-state index in [0.717, 1.165) is 37.6 Å². The summed E-state index contributed by atoms with van der Waals surface area (Å²) in [6.07, 6.45) is 1.76. The molecule has 0 atom stereocenters. The van der Waals surface area contributed by atoms with Crippen LogP contribution in [-0.2, 0) is 6.54 Å². The maximum atomic E-state index is 12.4. The molecule has 0 unspecified atom stereocenters. The Hall–Kier alpha value is -3.00. The summed E-state index contributed by atoms with van der Waals surface area (Å²) < 4.78 is 0. The Morgan fingerprint density at radius 3 is 2.59 bits per heavy atom. The highest BCUT2D eigenvalue weighted by Gasteiger charge is 2.18. The molecule has 0 aliphatic carbocycles. The standard InChI is InChI=1S/C19H23N5O3/c1-14-16(4-3-5-17(14)24(26)27)19(25)21-13-15-6-7-18(20-12-15)23-10-8-22(2)9-11-23/h3-7,12H,8-11,13H2,1-2H3,(H,21,25). The van der Waals surface area contributed by atoms with Crippen LogP contribution in [0.4, 0.5) is 11.5 Å². The average Bonchev–Trinajstić information content (AvgIpc) is 2.67. The molecular formula is C19H23N5O3. The number of nitrogens with zero attached hydrogens (tertiary/aromatic N) is 4. The molecule has 2 aromatic rings. The van der Waals surface area contributed by atoms with Gasteiger partial charge in [-0.1, -0.05) is 12.1 Å². The van der Waals surface area contributed by atoms with E-state index in [-0.39, 0.29) is 11.6 Å². The van der Waals surface area contributed by atoms with Crippen LogP contribution >= 0.6 is 0 Å². The van der Waals surface area contributed by atoms with Crippen LogP contribution in [0.15, 0.2) is 36.5 Å². The molecule has 1 aromatic heterocycles. The van der Waals surface area contributed by atoms with Gasteiger partial charge >= 0.3 is 0 Å². The number of nitro groups is 1. The van der Waals surface area contributed by atoms with E-state index in [2.05, 4.69) is 27.1 Å². The van der Waals surface area contributed by atoms with Crippen molar-refractivity contribution in [1.82, 2.24) is 15.2 Å². The summed E-state index contributed by atoms with van der Waals surface area (Å²) in [4.78, 5) is 32.0. The fraction of sp³-hybridized carbons (Fsp3) is 0.368. The number of pyridine rings is 1. The maximum Gasteiger partial charge on any atom is 0.273 e. The van der Waals surface area contributed by atoms with E-state index in [1.807, 2.05) is 12.1 Å². The van der Waals surface area contributed by atoms with Gasteiger partial charge in [0.2, 0.25) is 0 Å². The number of amides is 1. The van der Waals surface area contributed by atoms with Crippen LogP contribution in [0.3, 0.4) is 0 Å². The molecule has 8 heteroatoms. The van der Waals surface area contributed by atoms with Gasteiger partial charge in [-0.15, -0.1) is 0 Å². The molecule has 27 heavy (non-hydrogen) atoms. The van der Waals surface area contributed by atoms with Crippen molar-refractivity contribution in [3.63, 3.8) is 0 Å². The molecule has 1 saturated heterocycles. The number of carbonyl (C=O) groups is 1. The third-order valence-corrected chi connectivity index (χ3v) is 4.84. The molecule has 1 aliphatic heterocycles. The number of anilines is 1. The molecule has 1 aromatic carbocycles. The van der Waals surface area contributed by atoms with Crippen LogP contribution in [0.25, 0.3) is 0 Å². The number of piperazine rings is 1. The van der Waals surface area contributed by atoms with Crippen LogP contribution in [0.5, 0.6) is 0 Å². The number of benzene rings is 1. The smallest absolute Gasteiger partial charge is 0.273 e. The molecule has 1 fully saturated rings. The minimum atomic E-state index is -0.479. The van der Waals surface area contributed by atoms with Gasteiger partial charge in [-0.25, -0.2) is 4.98 Å². The SMILES string of the molecule is Cc1c(C(=O)NCc2ccc(N3CCN(C)CC3)nc2)cccc1[N+](=O)[O-]. The first-order valence-electron chi connectivity index (χ1n) is 8.86. The zero-order chi connectivity index (χ0) is 19.4. The minimum absolute atomic E-state index is 0.0548. The van der Waals surface area contributed by atoms with E-state index in [4.69, 9.17) is 0 Å². The first-order valence-corrected chi connectivity index (χ1v) is 8.86. The van der Waals surface area contributed by atoms with Crippen molar-refractivity contribution < 1.29 is 9.72 Å². The molecule has 8 nitrogen and oxygen atoms in total. The lowest BCUT2D eigenvalue weighted by atomic mass is 10.1. The number of aromatic nitrogens is 1. The third kappa shape index (κ3) is 4.40. The number of nitrogens with one attached hydrogen (secondary N) is 1. The Kier molecular flexibility index (Phi) is 5.66. The van der Waals surface area contributed by atoms with Crippen molar-refractivity contribution in [3.05, 3.63) is 63.3 Å². The monoisotopic (exact) mass is 369 g/mol. The fourth-order valence-electron chi connectivity index (χ4n) is 3.09. The Morgan fingerprint density at radius 2 is 1.96 bits per heavy atom. The summed E-state index contributed by atoms with van der Waals surface area (Å²) in [5.41, 5.74) is 1.50. The van der Waals surface area contributed by atoms with Gasteiger partial charge in [0.25, 0.3) is 11.6 Å². The summed E-state index contributed by atoms with van der Waals surface area (Å²) in [5, 5.41) is 13.8. The van der Waals surface area contributed by atoms with E-state index in [0.29, 0.717) is 17.7 Å². The number of rotatable bonds is 5. The summed E-state index contributed by atoms with van der Waals surface area (Å²) in [5.74, 6) is 0.604. The van der Waals surface area contributed by atoms with E-state index in [1.165, 1.54) is 12.1 Å². The van der Waals surface area contributed by atoms with E-state index < -0.39 is 4.92 Å². The quantitative estimate of drug-likeness (QED) is 0.640. The molecule has 3 rings (SSSR count). The van der Waals surface area contributed by atoms with Gasteiger partial charge in [0, 0.05) is 56.1 Å². The number of nitro benzene ring substituents is 1. The lowest BCUT2D eigenvalue weighted by Gasteiger charge is -2.33. The van der Waals surface area contributed by atoms with Crippen molar-refractivity contribution in [2.75, 3.05) is 38.1 Å². The fourth-order valence-corrected chi connectivity index (χ4v) is 3.09. The number of hydrogen-bond acceptors (Lipinski definition) is 6. The zero-order valence-electron chi connectivity index (χ0n) is 15.5. The highest BCUT2D eigenvalue weighted by Crippen LogP contribution is 2.21. The van der Waals surface area contributed by atoms with Crippen LogP contribution in [0, 0.1) is 17.0 Å². The van der Waals surface area contributed by atoms with Crippen molar-refractivity contribution >= 4 is 17.4 Å². The van der Waals surface area contributed by atoms with Gasteiger partial charge in [-0.3, -0.25) is 14.9 Å². The van der Waals surface area contributed by atoms with Gasteiger partial charge in [0.1, 0.15) is 5.82 Å². The molecule has 0 spiro atoms. The van der Waals surface area contributed by atoms with Gasteiger partial charge in [-0.2, -0.15) is 0 Å². The van der Waals surface area contributed by atoms with Crippen LogP contribution in [-0.4, -0.2) is 53.9 Å². The van der Waals surface area contributed by atoms with Crippen molar-refractivity contribution in [2.45, 2.75) is 13.5 Å². The lowest BCUT2D eigenvalue weighted by Crippen LogP contribution is -2.44. The molecular weight excluding hydrogens is 346 g/mol. The van der Waals surface area contributed by atoms with Gasteiger partial charge in [0.05, 0.1) is 4.92 Å². The first kappa shape index (κ1) is 18.8. The second-order valence-corrected chi connectivity index (χ2v) is 6.70. The number of hydrogen-bond donors (Lipinski definition) is 1. The van der Waals surface area contributed by atoms with E-state index in [1.54, 1.807) is 19.2 Å². The predicted octanol–water partition coefficient (Wildman–Crippen LogP) is 1.98. The summed E-state index contributed by atoms with van der Waals surface area (Å²) in [7, 11) is 2.11. The average molecular weight is 369 g/mol. The molecule has 142 valence electrons. The highest BCUT2D eigenvalue weighted by molar-refractivity contribution is 5.96. The van der Waals surface area contributed by atoms with Crippen LogP contribution in [0.2, 0.25) is 0 Å². The van der Waals surface area contributed by atoms with Gasteiger partial charge in [0.15, 0.2) is 0 Å². The van der Waals surface area contributed by atoms with E-state index in [9.17, 15) is 14.9 Å². The molecule has 0 saturated carbocycles. The van der Waals surface area contributed by atoms with Gasteiger partial charge < -0.3 is 15.1 Å². The Labute approximate surface area is 158 Å². The third-order valence-electron chi connectivity index (χ3n) is 4.84. The number of likely N-dealkylation sites (N-methyl/N-ethyl adjacent to an activating group) is 1. The molecule has 2 heterocycles. The summed E-state index contributed by atoms with van der Waals surface area (Å²) in [6, 6.07) is 8.42. The Morgan fingerprint density at radius 1 is 1.22 bits per heavy atom. The Balaban J connectivity index is 1.61. The predicted molar refractivity (Wildman–Crippen MR) is 103 cm³/mol. The minimum Gasteiger partial charge on any atom is -0.354 e. The second-order valence-electron chi connectivity index (χ2n) is 6.70. The first-order chi connectivity index (χ1) is 13.0. The summed E-state index contributed by atoms with van der Waals surface area (Å²) >= 11 is 0. The van der Waals surface area contributed by atoms with Crippen LogP contribution in [0.1, 0.15) is 21.5 Å². The largest absolute Gasteiger partial charge is 0.354 e. The number of carbonyl (C=O) groups excluding carboxylic acids is 1. The zero-order valence-corrected chi connectivity index (χ0v) is 15.5. The lowest BCUT2D eigenvalue weighted by molar-refractivity contribution is -0.385. The highest BCUT2D eigenvalue weighted by atomic mass is 16.6. The molecule has 0 bridgehead atoms. The van der Waals surface area contributed by atoms with Crippen LogP contribution < -0.4 is 10.2 Å². The summed E-state index contributed by atoms with van der Waals surface area (Å²) in [6.45, 7) is 5.83. The van der Waals surface area contributed by atoms with Gasteiger partial charge in [-0.05, 0) is 31.7 Å². The van der Waals surface area contributed by atoms with Crippen molar-refractivity contribution in [3.8, 4) is 0 Å². The van der Waals surface area contributed by atoms with E-state index >= 15 is 0 Å². The Bertz CT molecular complexity index is 830. The van der Waals surface area contributed by atoms with Crippen molar-refractivity contribution in [1.29, 1.82) is 0 Å². The molecule has 0 radical (unpaired) electrons. The van der Waals surface area contributed by atoms with Crippen molar-refractivity contribution in [2.24, 2.45) is 0 Å². The topological polar surface area (TPSA) is 91.6 Å². The molecule has 1 amide bonds. The normalized spacial score (nSPS) is 14.8. The maximum absolute atomic E-state index is 12.4.